The second-order valence-electron chi connectivity index (χ2n) is 6.84. The quantitative estimate of drug-likeness (QED) is 0.602. The van der Waals surface area contributed by atoms with Crippen molar-refractivity contribution in [2.45, 2.75) is 46.0 Å². The van der Waals surface area contributed by atoms with Gasteiger partial charge in [0.15, 0.2) is 0 Å². The van der Waals surface area contributed by atoms with Crippen LogP contribution in [0, 0.1) is 0 Å². The molecule has 1 aliphatic rings. The summed E-state index contributed by atoms with van der Waals surface area (Å²) in [6.07, 6.45) is 5.05. The lowest BCUT2D eigenvalue weighted by Gasteiger charge is -2.14. The Balaban J connectivity index is 0.000000280. The van der Waals surface area contributed by atoms with Crippen LogP contribution in [0.25, 0.3) is 0 Å². The molecule has 1 saturated heterocycles. The van der Waals surface area contributed by atoms with Gasteiger partial charge in [-0.25, -0.2) is 0 Å². The molecule has 0 bridgehead atoms. The number of primary amides is 1. The van der Waals surface area contributed by atoms with Crippen molar-refractivity contribution in [3.8, 4) is 17.2 Å². The van der Waals surface area contributed by atoms with Gasteiger partial charge in [-0.05, 0) is 81.2 Å². The SMILES string of the molecule is CC.NC(=O)CCOc1ccc(O)cc1.Oc1ccccc1CCCN1CCCC1. The highest BCUT2D eigenvalue weighted by molar-refractivity contribution is 5.73. The van der Waals surface area contributed by atoms with Crippen molar-refractivity contribution in [3.05, 3.63) is 54.1 Å². The third kappa shape index (κ3) is 10.7. The number of aromatic hydroxyl groups is 2. The van der Waals surface area contributed by atoms with Crippen LogP contribution in [0.1, 0.15) is 45.1 Å². The summed E-state index contributed by atoms with van der Waals surface area (Å²) in [5.41, 5.74) is 6.00. The molecule has 0 spiro atoms. The van der Waals surface area contributed by atoms with Gasteiger partial charge in [-0.15, -0.1) is 0 Å². The Morgan fingerprint density at radius 1 is 1.03 bits per heavy atom. The summed E-state index contributed by atoms with van der Waals surface area (Å²) in [6, 6.07) is 13.9. The molecule has 1 amide bonds. The van der Waals surface area contributed by atoms with Gasteiger partial charge in [0.25, 0.3) is 0 Å². The lowest BCUT2D eigenvalue weighted by Crippen LogP contribution is -2.20. The smallest absolute Gasteiger partial charge is 0.220 e. The predicted octanol–water partition coefficient (Wildman–Crippen LogP) is 4.09. The van der Waals surface area contributed by atoms with E-state index < -0.39 is 5.91 Å². The Morgan fingerprint density at radius 3 is 2.27 bits per heavy atom. The fourth-order valence-corrected chi connectivity index (χ4v) is 3.03. The number of benzene rings is 2. The van der Waals surface area contributed by atoms with Gasteiger partial charge in [-0.3, -0.25) is 4.79 Å². The maximum Gasteiger partial charge on any atom is 0.220 e. The fourth-order valence-electron chi connectivity index (χ4n) is 3.03. The molecule has 0 radical (unpaired) electrons. The number of nitrogens with two attached hydrogens (primary N) is 1. The maximum atomic E-state index is 10.3. The number of carbonyl (C=O) groups is 1. The average Bonchev–Trinajstić information content (AvgIpc) is 3.26. The van der Waals surface area contributed by atoms with E-state index in [0.717, 1.165) is 18.4 Å². The molecule has 0 atom stereocenters. The van der Waals surface area contributed by atoms with Crippen LogP contribution < -0.4 is 10.5 Å². The zero-order valence-electron chi connectivity index (χ0n) is 18.2. The summed E-state index contributed by atoms with van der Waals surface area (Å²) in [7, 11) is 0. The Bertz CT molecular complexity index is 713. The number of carbonyl (C=O) groups excluding carboxylic acids is 1. The van der Waals surface area contributed by atoms with Crippen LogP contribution in [0.15, 0.2) is 48.5 Å². The molecule has 30 heavy (non-hydrogen) atoms. The normalized spacial score (nSPS) is 12.9. The maximum absolute atomic E-state index is 10.3. The first-order chi connectivity index (χ1) is 14.5. The summed E-state index contributed by atoms with van der Waals surface area (Å²) in [4.78, 5) is 12.9. The van der Waals surface area contributed by atoms with Gasteiger partial charge in [0.1, 0.15) is 17.2 Å². The number of aryl methyl sites for hydroxylation is 1. The summed E-state index contributed by atoms with van der Waals surface area (Å²) in [6.45, 7) is 7.97. The number of amides is 1. The number of ether oxygens (including phenoxy) is 1. The van der Waals surface area contributed by atoms with Gasteiger partial charge < -0.3 is 25.6 Å². The van der Waals surface area contributed by atoms with Crippen LogP contribution in [-0.2, 0) is 11.2 Å². The van der Waals surface area contributed by atoms with Crippen molar-refractivity contribution in [1.82, 2.24) is 4.90 Å². The van der Waals surface area contributed by atoms with E-state index in [-0.39, 0.29) is 18.8 Å². The molecular formula is C24H36N2O4. The van der Waals surface area contributed by atoms with Crippen molar-refractivity contribution in [2.24, 2.45) is 5.73 Å². The molecule has 1 heterocycles. The number of hydrogen-bond donors (Lipinski definition) is 3. The van der Waals surface area contributed by atoms with Gasteiger partial charge in [0.05, 0.1) is 13.0 Å². The van der Waals surface area contributed by atoms with Gasteiger partial charge >= 0.3 is 0 Å². The third-order valence-electron chi connectivity index (χ3n) is 4.56. The van der Waals surface area contributed by atoms with Crippen molar-refractivity contribution >= 4 is 5.91 Å². The number of phenols is 2. The minimum Gasteiger partial charge on any atom is -0.508 e. The van der Waals surface area contributed by atoms with Crippen LogP contribution in [-0.4, -0.2) is 47.3 Å². The molecule has 1 aliphatic heterocycles. The monoisotopic (exact) mass is 416 g/mol. The van der Waals surface area contributed by atoms with E-state index in [1.165, 1.54) is 44.6 Å². The van der Waals surface area contributed by atoms with Gasteiger partial charge in [-0.1, -0.05) is 32.0 Å². The number of phenolic OH excluding ortho intramolecular Hbond substituents is 2. The largest absolute Gasteiger partial charge is 0.508 e. The minimum absolute atomic E-state index is 0.183. The van der Waals surface area contributed by atoms with Gasteiger partial charge in [0, 0.05) is 0 Å². The summed E-state index contributed by atoms with van der Waals surface area (Å²) in [5, 5.41) is 18.5. The molecule has 2 aromatic rings. The van der Waals surface area contributed by atoms with E-state index in [2.05, 4.69) is 4.90 Å². The topological polar surface area (TPSA) is 96.0 Å². The van der Waals surface area contributed by atoms with Crippen molar-refractivity contribution in [1.29, 1.82) is 0 Å². The van der Waals surface area contributed by atoms with Crippen molar-refractivity contribution in [2.75, 3.05) is 26.2 Å². The molecule has 0 aromatic heterocycles. The number of likely N-dealkylation sites (tertiary alicyclic amines) is 1. The van der Waals surface area contributed by atoms with Crippen LogP contribution >= 0.6 is 0 Å². The van der Waals surface area contributed by atoms with Gasteiger partial charge in [0.2, 0.25) is 5.91 Å². The molecule has 1 fully saturated rings. The highest BCUT2D eigenvalue weighted by Crippen LogP contribution is 2.18. The average molecular weight is 417 g/mol. The number of nitrogens with zero attached hydrogens (tertiary/aromatic N) is 1. The van der Waals surface area contributed by atoms with E-state index in [0.29, 0.717) is 11.5 Å². The summed E-state index contributed by atoms with van der Waals surface area (Å²) < 4.78 is 5.16. The first kappa shape index (κ1) is 25.3. The van der Waals surface area contributed by atoms with Crippen LogP contribution in [0.5, 0.6) is 17.2 Å². The van der Waals surface area contributed by atoms with Crippen LogP contribution in [0.3, 0.4) is 0 Å². The molecule has 6 heteroatoms. The van der Waals surface area contributed by atoms with E-state index >= 15 is 0 Å². The zero-order valence-corrected chi connectivity index (χ0v) is 18.2. The number of rotatable bonds is 8. The van der Waals surface area contributed by atoms with Crippen LogP contribution in [0.2, 0.25) is 0 Å². The Hall–Kier alpha value is -2.73. The standard InChI is InChI=1S/C13H19NO.C9H11NO3.C2H6/c15-13-8-2-1-6-12(13)7-5-11-14-9-3-4-10-14;10-9(12)5-6-13-8-3-1-7(11)2-4-8;1-2/h1-2,6,8,15H,3-5,7,9-11H2;1-4,11H,5-6H2,(H2,10,12);1-2H3. The second-order valence-corrected chi connectivity index (χ2v) is 6.84. The summed E-state index contributed by atoms with van der Waals surface area (Å²) in [5.74, 6) is 0.846. The summed E-state index contributed by atoms with van der Waals surface area (Å²) >= 11 is 0. The number of hydrogen-bond acceptors (Lipinski definition) is 5. The zero-order chi connectivity index (χ0) is 22.2. The first-order valence-electron chi connectivity index (χ1n) is 10.7. The lowest BCUT2D eigenvalue weighted by atomic mass is 10.1. The molecule has 166 valence electrons. The first-order valence-corrected chi connectivity index (χ1v) is 10.7. The van der Waals surface area contributed by atoms with Gasteiger partial charge in [-0.2, -0.15) is 0 Å². The third-order valence-corrected chi connectivity index (χ3v) is 4.56. The van der Waals surface area contributed by atoms with Crippen LogP contribution in [0.4, 0.5) is 0 Å². The second kappa shape index (κ2) is 15.2. The molecule has 6 nitrogen and oxygen atoms in total. The molecule has 4 N–H and O–H groups in total. The molecule has 0 saturated carbocycles. The highest BCUT2D eigenvalue weighted by atomic mass is 16.5. The van der Waals surface area contributed by atoms with E-state index in [1.807, 2.05) is 32.0 Å². The Kier molecular flexibility index (Phi) is 12.8. The molecule has 2 aromatic carbocycles. The van der Waals surface area contributed by atoms with E-state index in [4.69, 9.17) is 15.6 Å². The van der Waals surface area contributed by atoms with Crippen molar-refractivity contribution in [3.63, 3.8) is 0 Å². The van der Waals surface area contributed by atoms with E-state index in [9.17, 15) is 9.90 Å². The molecule has 0 aliphatic carbocycles. The Morgan fingerprint density at radius 2 is 1.67 bits per heavy atom. The van der Waals surface area contributed by atoms with Crippen molar-refractivity contribution < 1.29 is 19.7 Å². The lowest BCUT2D eigenvalue weighted by molar-refractivity contribution is -0.118. The predicted molar refractivity (Wildman–Crippen MR) is 121 cm³/mol. The highest BCUT2D eigenvalue weighted by Gasteiger charge is 2.10. The number of para-hydroxylation sites is 1. The minimum atomic E-state index is -0.390. The Labute approximate surface area is 180 Å². The molecule has 0 unspecified atom stereocenters. The fraction of sp³-hybridized carbons (Fsp3) is 0.458. The van der Waals surface area contributed by atoms with E-state index in [1.54, 1.807) is 18.2 Å². The molecule has 3 rings (SSSR count). The molecular weight excluding hydrogens is 380 g/mol.